The summed E-state index contributed by atoms with van der Waals surface area (Å²) in [6.45, 7) is 2.43. The van der Waals surface area contributed by atoms with Crippen molar-refractivity contribution in [2.24, 2.45) is 4.99 Å². The second kappa shape index (κ2) is 6.69. The van der Waals surface area contributed by atoms with E-state index >= 15 is 0 Å². The third-order valence-electron chi connectivity index (χ3n) is 3.92. The molecule has 0 aliphatic carbocycles. The lowest BCUT2D eigenvalue weighted by Crippen LogP contribution is -2.17. The molecule has 26 heavy (non-hydrogen) atoms. The summed E-state index contributed by atoms with van der Waals surface area (Å²) in [6, 6.07) is 7.31. The molecule has 8 heteroatoms. The third-order valence-corrected chi connectivity index (χ3v) is 5.73. The van der Waals surface area contributed by atoms with Crippen LogP contribution in [0.2, 0.25) is 0 Å². The predicted octanol–water partition coefficient (Wildman–Crippen LogP) is 4.74. The molecule has 0 bridgehead atoms. The molecule has 2 heterocycles. The van der Waals surface area contributed by atoms with Gasteiger partial charge in [0.25, 0.3) is 5.91 Å². The highest BCUT2D eigenvalue weighted by atomic mass is 32.1. The van der Waals surface area contributed by atoms with E-state index in [1.807, 2.05) is 6.92 Å². The van der Waals surface area contributed by atoms with Gasteiger partial charge in [-0.05, 0) is 30.7 Å². The zero-order chi connectivity index (χ0) is 18.3. The van der Waals surface area contributed by atoms with Crippen LogP contribution in [0.5, 0.6) is 0 Å². The van der Waals surface area contributed by atoms with E-state index in [2.05, 4.69) is 9.98 Å². The number of halogens is 2. The van der Waals surface area contributed by atoms with E-state index in [1.165, 1.54) is 17.4 Å². The minimum absolute atomic E-state index is 0.280. The van der Waals surface area contributed by atoms with Crippen LogP contribution in [0.25, 0.3) is 20.4 Å². The number of amides is 1. The normalized spacial score (nSPS) is 12.3. The maximum Gasteiger partial charge on any atom is 0.279 e. The van der Waals surface area contributed by atoms with Gasteiger partial charge in [0.05, 0.1) is 25.9 Å². The molecular weight excluding hydrogens is 376 g/mol. The Hall–Kier alpha value is -2.45. The zero-order valence-corrected chi connectivity index (χ0v) is 15.3. The molecular formula is C18H13F2N3OS2. The first-order valence-electron chi connectivity index (χ1n) is 7.97. The lowest BCUT2D eigenvalue weighted by molar-refractivity contribution is 0.0998. The monoisotopic (exact) mass is 389 g/mol. The highest BCUT2D eigenvalue weighted by Crippen LogP contribution is 2.23. The number of aromatic nitrogens is 2. The smallest absolute Gasteiger partial charge is 0.279 e. The van der Waals surface area contributed by atoms with Gasteiger partial charge >= 0.3 is 0 Å². The van der Waals surface area contributed by atoms with Crippen molar-refractivity contribution in [3.05, 3.63) is 57.8 Å². The number of nitrogens with zero attached hydrogens (tertiary/aromatic N) is 3. The van der Waals surface area contributed by atoms with Gasteiger partial charge in [0, 0.05) is 18.2 Å². The first-order chi connectivity index (χ1) is 12.6. The van der Waals surface area contributed by atoms with Crippen LogP contribution in [0.4, 0.5) is 8.78 Å². The fourth-order valence-corrected chi connectivity index (χ4v) is 4.60. The van der Waals surface area contributed by atoms with Crippen LogP contribution in [0.3, 0.4) is 0 Å². The second-order valence-electron chi connectivity index (χ2n) is 5.72. The Bertz CT molecular complexity index is 1210. The molecule has 0 saturated heterocycles. The van der Waals surface area contributed by atoms with E-state index in [4.69, 9.17) is 0 Å². The Morgan fingerprint density at radius 1 is 1.23 bits per heavy atom. The molecule has 0 unspecified atom stereocenters. The number of carbonyl (C=O) groups is 1. The van der Waals surface area contributed by atoms with Gasteiger partial charge in [0.1, 0.15) is 5.82 Å². The predicted molar refractivity (Wildman–Crippen MR) is 99.5 cm³/mol. The molecule has 0 spiro atoms. The second-order valence-corrected chi connectivity index (χ2v) is 7.62. The Balaban J connectivity index is 1.87. The summed E-state index contributed by atoms with van der Waals surface area (Å²) in [4.78, 5) is 21.3. The lowest BCUT2D eigenvalue weighted by atomic mass is 10.2. The van der Waals surface area contributed by atoms with E-state index in [0.29, 0.717) is 21.6 Å². The molecule has 0 fully saturated rings. The molecule has 1 amide bonds. The van der Waals surface area contributed by atoms with Crippen molar-refractivity contribution in [1.82, 2.24) is 9.55 Å². The molecule has 2 aromatic heterocycles. The van der Waals surface area contributed by atoms with E-state index in [0.717, 1.165) is 34.0 Å². The van der Waals surface area contributed by atoms with Gasteiger partial charge in [-0.2, -0.15) is 4.99 Å². The Labute approximate surface area is 155 Å². The molecule has 0 atom stereocenters. The summed E-state index contributed by atoms with van der Waals surface area (Å²) in [7, 11) is 0. The molecule has 0 N–H and O–H groups in total. The molecule has 4 nitrogen and oxygen atoms in total. The number of hydrogen-bond acceptors (Lipinski definition) is 4. The first kappa shape index (κ1) is 17.0. The van der Waals surface area contributed by atoms with Gasteiger partial charge in [-0.15, -0.1) is 11.3 Å². The maximum atomic E-state index is 14.3. The Kier molecular flexibility index (Phi) is 4.37. The average Bonchev–Trinajstić information content (AvgIpc) is 3.19. The van der Waals surface area contributed by atoms with Crippen LogP contribution < -0.4 is 4.80 Å². The molecule has 2 aromatic carbocycles. The summed E-state index contributed by atoms with van der Waals surface area (Å²) in [5.74, 6) is -1.71. The number of aryl methyl sites for hydroxylation is 1. The fraction of sp³-hybridized carbons (Fsp3) is 0.167. The number of carbonyl (C=O) groups excluding carboxylic acids is 1. The third kappa shape index (κ3) is 2.95. The van der Waals surface area contributed by atoms with Crippen molar-refractivity contribution in [1.29, 1.82) is 0 Å². The van der Waals surface area contributed by atoms with Crippen molar-refractivity contribution in [3.63, 3.8) is 0 Å². The zero-order valence-electron chi connectivity index (χ0n) is 13.7. The van der Waals surface area contributed by atoms with Gasteiger partial charge in [0.15, 0.2) is 10.6 Å². The number of fused-ring (bicyclic) bond motifs is 2. The molecule has 132 valence electrons. The maximum absolute atomic E-state index is 14.3. The van der Waals surface area contributed by atoms with Crippen molar-refractivity contribution >= 4 is 49.0 Å². The fourth-order valence-electron chi connectivity index (χ4n) is 2.78. The highest BCUT2D eigenvalue weighted by molar-refractivity contribution is 7.17. The lowest BCUT2D eigenvalue weighted by Gasteiger charge is -2.03. The van der Waals surface area contributed by atoms with Crippen molar-refractivity contribution in [2.75, 3.05) is 0 Å². The summed E-state index contributed by atoms with van der Waals surface area (Å²) >= 11 is 2.55. The van der Waals surface area contributed by atoms with E-state index in [1.54, 1.807) is 28.3 Å². The van der Waals surface area contributed by atoms with Gasteiger partial charge in [0.2, 0.25) is 0 Å². The first-order valence-corrected chi connectivity index (χ1v) is 9.67. The highest BCUT2D eigenvalue weighted by Gasteiger charge is 2.14. The van der Waals surface area contributed by atoms with Crippen LogP contribution in [-0.2, 0) is 6.54 Å². The van der Waals surface area contributed by atoms with Crippen LogP contribution in [0.15, 0.2) is 40.8 Å². The van der Waals surface area contributed by atoms with Gasteiger partial charge in [-0.3, -0.25) is 4.79 Å². The molecule has 4 rings (SSSR count). The largest absolute Gasteiger partial charge is 0.314 e. The molecule has 0 radical (unpaired) electrons. The Morgan fingerprint density at radius 2 is 2.08 bits per heavy atom. The van der Waals surface area contributed by atoms with Gasteiger partial charge in [-0.1, -0.05) is 18.3 Å². The summed E-state index contributed by atoms with van der Waals surface area (Å²) < 4.78 is 30.7. The van der Waals surface area contributed by atoms with E-state index in [-0.39, 0.29) is 5.52 Å². The van der Waals surface area contributed by atoms with E-state index < -0.39 is 17.5 Å². The molecule has 0 aliphatic rings. The number of thiazole rings is 2. The Morgan fingerprint density at radius 3 is 2.88 bits per heavy atom. The number of benzene rings is 2. The van der Waals surface area contributed by atoms with Crippen LogP contribution >= 0.6 is 22.7 Å². The summed E-state index contributed by atoms with van der Waals surface area (Å²) in [6.07, 6.45) is 0.733. The molecule has 0 saturated carbocycles. The van der Waals surface area contributed by atoms with Crippen molar-refractivity contribution in [2.45, 2.75) is 19.9 Å². The minimum atomic E-state index is -0.648. The van der Waals surface area contributed by atoms with Crippen LogP contribution in [0, 0.1) is 11.6 Å². The standard InChI is InChI=1S/C18H13F2N3OS2/c1-2-5-23-16-12(20)7-11(19)8-15(16)26-18(23)22-17(24)10-3-4-13-14(6-10)25-9-21-13/h3-4,6-9H,2,5H2,1H3. The van der Waals surface area contributed by atoms with Crippen LogP contribution in [0.1, 0.15) is 23.7 Å². The summed E-state index contributed by atoms with van der Waals surface area (Å²) in [5, 5.41) is 0. The van der Waals surface area contributed by atoms with Crippen LogP contribution in [-0.4, -0.2) is 15.5 Å². The summed E-state index contributed by atoms with van der Waals surface area (Å²) in [5.41, 5.74) is 3.26. The quantitative estimate of drug-likeness (QED) is 0.508. The topological polar surface area (TPSA) is 47.2 Å². The van der Waals surface area contributed by atoms with Gasteiger partial charge in [-0.25, -0.2) is 13.8 Å². The SMILES string of the molecule is CCCn1c(=NC(=O)c2ccc3ncsc3c2)sc2cc(F)cc(F)c21. The number of rotatable bonds is 3. The molecule has 0 aliphatic heterocycles. The van der Waals surface area contributed by atoms with Gasteiger partial charge < -0.3 is 4.57 Å². The minimum Gasteiger partial charge on any atom is -0.314 e. The number of hydrogen-bond donors (Lipinski definition) is 0. The van der Waals surface area contributed by atoms with E-state index in [9.17, 15) is 13.6 Å². The van der Waals surface area contributed by atoms with Crippen molar-refractivity contribution in [3.8, 4) is 0 Å². The average molecular weight is 389 g/mol. The van der Waals surface area contributed by atoms with Crippen molar-refractivity contribution < 1.29 is 13.6 Å². The molecule has 4 aromatic rings.